The molecule has 3 heteroatoms. The first-order valence-corrected chi connectivity index (χ1v) is 6.42. The summed E-state index contributed by atoms with van der Waals surface area (Å²) in [5.74, 6) is -0.475. The van der Waals surface area contributed by atoms with Gasteiger partial charge in [0.2, 0.25) is 0 Å². The van der Waals surface area contributed by atoms with Crippen LogP contribution in [0.2, 0.25) is 0 Å². The number of likely N-dealkylation sites (N-methyl/N-ethyl adjacent to an activating group) is 1. The highest BCUT2D eigenvalue weighted by Crippen LogP contribution is 2.19. The molecule has 19 heavy (non-hydrogen) atoms. The third kappa shape index (κ3) is 3.86. The zero-order chi connectivity index (χ0) is 13.7. The van der Waals surface area contributed by atoms with Gasteiger partial charge in [-0.1, -0.05) is 31.2 Å². The molecule has 1 unspecified atom stereocenters. The van der Waals surface area contributed by atoms with Crippen molar-refractivity contribution < 1.29 is 8.78 Å². The van der Waals surface area contributed by atoms with E-state index in [1.165, 1.54) is 24.3 Å². The van der Waals surface area contributed by atoms with Crippen LogP contribution in [0.4, 0.5) is 8.78 Å². The predicted octanol–water partition coefficient (Wildman–Crippen LogP) is 3.86. The fourth-order valence-corrected chi connectivity index (χ4v) is 2.15. The van der Waals surface area contributed by atoms with Crippen molar-refractivity contribution in [3.8, 4) is 0 Å². The Morgan fingerprint density at radius 3 is 2.37 bits per heavy atom. The fourth-order valence-electron chi connectivity index (χ4n) is 2.15. The molecule has 2 aromatic carbocycles. The maximum absolute atomic E-state index is 13.2. The Morgan fingerprint density at radius 2 is 1.74 bits per heavy atom. The van der Waals surface area contributed by atoms with E-state index in [1.54, 1.807) is 18.2 Å². The molecule has 2 rings (SSSR count). The van der Waals surface area contributed by atoms with E-state index < -0.39 is 0 Å². The molecule has 100 valence electrons. The van der Waals surface area contributed by atoms with Crippen LogP contribution in [-0.2, 0) is 6.42 Å². The van der Waals surface area contributed by atoms with E-state index in [9.17, 15) is 8.78 Å². The Morgan fingerprint density at radius 1 is 1.00 bits per heavy atom. The molecule has 1 nitrogen and oxygen atoms in total. The number of benzene rings is 2. The molecule has 0 heterocycles. The summed E-state index contributed by atoms with van der Waals surface area (Å²) in [7, 11) is 0. The maximum atomic E-state index is 13.2. The zero-order valence-electron chi connectivity index (χ0n) is 10.9. The molecule has 0 aromatic heterocycles. The van der Waals surface area contributed by atoms with Crippen molar-refractivity contribution in [3.05, 3.63) is 71.3 Å². The summed E-state index contributed by atoms with van der Waals surface area (Å²) >= 11 is 0. The van der Waals surface area contributed by atoms with Crippen LogP contribution < -0.4 is 5.32 Å². The van der Waals surface area contributed by atoms with Crippen LogP contribution in [0.3, 0.4) is 0 Å². The van der Waals surface area contributed by atoms with Gasteiger partial charge in [0.05, 0.1) is 0 Å². The van der Waals surface area contributed by atoms with Gasteiger partial charge in [0.1, 0.15) is 11.6 Å². The van der Waals surface area contributed by atoms with Gasteiger partial charge < -0.3 is 5.32 Å². The summed E-state index contributed by atoms with van der Waals surface area (Å²) in [6, 6.07) is 13.1. The largest absolute Gasteiger partial charge is 0.310 e. The van der Waals surface area contributed by atoms with Crippen molar-refractivity contribution in [3.63, 3.8) is 0 Å². The molecule has 0 bridgehead atoms. The van der Waals surface area contributed by atoms with Crippen molar-refractivity contribution in [1.29, 1.82) is 0 Å². The highest BCUT2D eigenvalue weighted by Gasteiger charge is 2.11. The molecule has 0 fully saturated rings. The SMILES string of the molecule is CCNC(Cc1cccc(F)c1)c1ccc(F)cc1. The van der Waals surface area contributed by atoms with E-state index in [2.05, 4.69) is 5.32 Å². The van der Waals surface area contributed by atoms with Gasteiger partial charge in [0.25, 0.3) is 0 Å². The Labute approximate surface area is 112 Å². The lowest BCUT2D eigenvalue weighted by Crippen LogP contribution is -2.23. The van der Waals surface area contributed by atoms with Crippen LogP contribution in [0.15, 0.2) is 48.5 Å². The average molecular weight is 261 g/mol. The second kappa shape index (κ2) is 6.43. The van der Waals surface area contributed by atoms with Gasteiger partial charge in [0.15, 0.2) is 0 Å². The van der Waals surface area contributed by atoms with E-state index in [0.717, 1.165) is 17.7 Å². The summed E-state index contributed by atoms with van der Waals surface area (Å²) in [5.41, 5.74) is 1.93. The molecule has 0 spiro atoms. The van der Waals surface area contributed by atoms with E-state index in [4.69, 9.17) is 0 Å². The Bertz CT molecular complexity index is 523. The van der Waals surface area contributed by atoms with Crippen LogP contribution in [0.5, 0.6) is 0 Å². The minimum Gasteiger partial charge on any atom is -0.310 e. The molecular weight excluding hydrogens is 244 g/mol. The van der Waals surface area contributed by atoms with Gasteiger partial charge in [-0.2, -0.15) is 0 Å². The van der Waals surface area contributed by atoms with Gasteiger partial charge in [0, 0.05) is 6.04 Å². The van der Waals surface area contributed by atoms with Gasteiger partial charge in [-0.3, -0.25) is 0 Å². The number of hydrogen-bond acceptors (Lipinski definition) is 1. The Hall–Kier alpha value is -1.74. The standard InChI is InChI=1S/C16H17F2N/c1-2-19-16(13-6-8-14(17)9-7-13)11-12-4-3-5-15(18)10-12/h3-10,16,19H,2,11H2,1H3. The quantitative estimate of drug-likeness (QED) is 0.861. The molecule has 0 amide bonds. The maximum Gasteiger partial charge on any atom is 0.123 e. The lowest BCUT2D eigenvalue weighted by Gasteiger charge is -2.18. The summed E-state index contributed by atoms with van der Waals surface area (Å²) < 4.78 is 26.1. The normalized spacial score (nSPS) is 12.4. The summed E-state index contributed by atoms with van der Waals surface area (Å²) in [5, 5.41) is 3.34. The van der Waals surface area contributed by atoms with Gasteiger partial charge >= 0.3 is 0 Å². The van der Waals surface area contributed by atoms with Crippen LogP contribution in [0.1, 0.15) is 24.1 Å². The fraction of sp³-hybridized carbons (Fsp3) is 0.250. The second-order valence-corrected chi connectivity index (χ2v) is 4.50. The summed E-state index contributed by atoms with van der Waals surface area (Å²) in [6.45, 7) is 2.82. The first-order chi connectivity index (χ1) is 9.19. The number of nitrogens with one attached hydrogen (secondary N) is 1. The minimum atomic E-state index is -0.246. The zero-order valence-corrected chi connectivity index (χ0v) is 10.9. The molecule has 2 aromatic rings. The van der Waals surface area contributed by atoms with Crippen LogP contribution in [0, 0.1) is 11.6 Å². The lowest BCUT2D eigenvalue weighted by molar-refractivity contribution is 0.544. The van der Waals surface area contributed by atoms with Gasteiger partial charge in [-0.25, -0.2) is 8.78 Å². The van der Waals surface area contributed by atoms with Crippen LogP contribution in [-0.4, -0.2) is 6.54 Å². The number of halogens is 2. The first-order valence-electron chi connectivity index (χ1n) is 6.42. The van der Waals surface area contributed by atoms with E-state index in [1.807, 2.05) is 13.0 Å². The monoisotopic (exact) mass is 261 g/mol. The molecule has 0 aliphatic carbocycles. The molecule has 0 aliphatic rings. The number of rotatable bonds is 5. The third-order valence-corrected chi connectivity index (χ3v) is 3.05. The molecule has 0 aliphatic heterocycles. The Balaban J connectivity index is 2.18. The molecular formula is C16H17F2N. The topological polar surface area (TPSA) is 12.0 Å². The molecule has 0 saturated heterocycles. The van der Waals surface area contributed by atoms with Gasteiger partial charge in [-0.05, 0) is 48.4 Å². The predicted molar refractivity (Wildman–Crippen MR) is 72.9 cm³/mol. The third-order valence-electron chi connectivity index (χ3n) is 3.05. The smallest absolute Gasteiger partial charge is 0.123 e. The van der Waals surface area contributed by atoms with Crippen molar-refractivity contribution in [1.82, 2.24) is 5.32 Å². The van der Waals surface area contributed by atoms with Crippen LogP contribution in [0.25, 0.3) is 0 Å². The minimum absolute atomic E-state index is 0.0624. The average Bonchev–Trinajstić information content (AvgIpc) is 2.39. The lowest BCUT2D eigenvalue weighted by atomic mass is 9.98. The molecule has 1 atom stereocenters. The van der Waals surface area contributed by atoms with Crippen molar-refractivity contribution in [2.75, 3.05) is 6.54 Å². The van der Waals surface area contributed by atoms with Gasteiger partial charge in [-0.15, -0.1) is 0 Å². The van der Waals surface area contributed by atoms with E-state index in [0.29, 0.717) is 6.42 Å². The second-order valence-electron chi connectivity index (χ2n) is 4.50. The van der Waals surface area contributed by atoms with Crippen molar-refractivity contribution in [2.45, 2.75) is 19.4 Å². The van der Waals surface area contributed by atoms with Crippen LogP contribution >= 0.6 is 0 Å². The highest BCUT2D eigenvalue weighted by atomic mass is 19.1. The molecule has 0 radical (unpaired) electrons. The summed E-state index contributed by atoms with van der Waals surface area (Å²) in [6.07, 6.45) is 0.678. The van der Waals surface area contributed by atoms with E-state index in [-0.39, 0.29) is 17.7 Å². The van der Waals surface area contributed by atoms with Crippen molar-refractivity contribution in [2.24, 2.45) is 0 Å². The first kappa shape index (κ1) is 13.7. The number of hydrogen-bond donors (Lipinski definition) is 1. The van der Waals surface area contributed by atoms with Crippen molar-refractivity contribution >= 4 is 0 Å². The Kier molecular flexibility index (Phi) is 4.63. The van der Waals surface area contributed by atoms with E-state index >= 15 is 0 Å². The summed E-state index contributed by atoms with van der Waals surface area (Å²) in [4.78, 5) is 0. The molecule has 1 N–H and O–H groups in total. The highest BCUT2D eigenvalue weighted by molar-refractivity contribution is 5.24. The molecule has 0 saturated carbocycles.